The van der Waals surface area contributed by atoms with Gasteiger partial charge in [0.2, 0.25) is 0 Å². The zero-order valence-electron chi connectivity index (χ0n) is 10.6. The molecule has 108 valence electrons. The molecule has 7 heteroatoms. The molecule has 0 bridgehead atoms. The Balaban J connectivity index is 2.23. The molecule has 1 aliphatic rings. The lowest BCUT2D eigenvalue weighted by Gasteiger charge is -2.37. The van der Waals surface area contributed by atoms with E-state index in [9.17, 15) is 19.1 Å². The van der Waals surface area contributed by atoms with Crippen LogP contribution in [-0.2, 0) is 4.79 Å². The molecule has 0 unspecified atom stereocenters. The van der Waals surface area contributed by atoms with Crippen LogP contribution in [0.15, 0.2) is 18.2 Å². The standard InChI is InChI=1S/C13H14ClFN2O3/c14-10-6-8(15)2-3-9(10)11(18)17-5-1-4-13(20,7-17)12(16)19/h2-3,6,20H,1,4-5,7H2,(H2,16,19)/t13-/m1/s1. The summed E-state index contributed by atoms with van der Waals surface area (Å²) in [6.07, 6.45) is 0.660. The third-order valence-corrected chi connectivity index (χ3v) is 3.69. The normalized spacial score (nSPS) is 22.6. The molecule has 0 aliphatic carbocycles. The number of hydrogen-bond donors (Lipinski definition) is 2. The molecule has 1 aromatic rings. The van der Waals surface area contributed by atoms with Crippen LogP contribution in [0.1, 0.15) is 23.2 Å². The number of nitrogens with two attached hydrogens (primary N) is 1. The van der Waals surface area contributed by atoms with Crippen molar-refractivity contribution in [2.24, 2.45) is 5.73 Å². The summed E-state index contributed by atoms with van der Waals surface area (Å²) in [6.45, 7) is 0.191. The van der Waals surface area contributed by atoms with E-state index < -0.39 is 23.2 Å². The zero-order chi connectivity index (χ0) is 14.9. The molecule has 1 atom stereocenters. The zero-order valence-corrected chi connectivity index (χ0v) is 11.4. The quantitative estimate of drug-likeness (QED) is 0.852. The van der Waals surface area contributed by atoms with Gasteiger partial charge in [-0.3, -0.25) is 9.59 Å². The van der Waals surface area contributed by atoms with Crippen molar-refractivity contribution >= 4 is 23.4 Å². The maximum atomic E-state index is 13.0. The Morgan fingerprint density at radius 3 is 2.75 bits per heavy atom. The van der Waals surface area contributed by atoms with Crippen molar-refractivity contribution in [1.29, 1.82) is 0 Å². The number of piperidine rings is 1. The van der Waals surface area contributed by atoms with Gasteiger partial charge >= 0.3 is 0 Å². The summed E-state index contributed by atoms with van der Waals surface area (Å²) in [5, 5.41) is 10.1. The molecule has 0 aromatic heterocycles. The van der Waals surface area contributed by atoms with E-state index in [-0.39, 0.29) is 23.6 Å². The first-order valence-corrected chi connectivity index (χ1v) is 6.48. The number of benzene rings is 1. The summed E-state index contributed by atoms with van der Waals surface area (Å²) in [4.78, 5) is 24.8. The van der Waals surface area contributed by atoms with Crippen molar-refractivity contribution in [3.8, 4) is 0 Å². The molecular formula is C13H14ClFN2O3. The van der Waals surface area contributed by atoms with Gasteiger partial charge in [0.25, 0.3) is 11.8 Å². The Hall–Kier alpha value is -1.66. The third kappa shape index (κ3) is 2.76. The number of aliphatic hydroxyl groups is 1. The predicted molar refractivity (Wildman–Crippen MR) is 70.7 cm³/mol. The first-order chi connectivity index (χ1) is 9.33. The lowest BCUT2D eigenvalue weighted by Crippen LogP contribution is -2.57. The van der Waals surface area contributed by atoms with Gasteiger partial charge in [-0.25, -0.2) is 4.39 Å². The van der Waals surface area contributed by atoms with Gasteiger partial charge in [-0.05, 0) is 31.0 Å². The van der Waals surface area contributed by atoms with E-state index in [0.29, 0.717) is 13.0 Å². The van der Waals surface area contributed by atoms with E-state index in [0.717, 1.165) is 12.1 Å². The van der Waals surface area contributed by atoms with Gasteiger partial charge in [-0.15, -0.1) is 0 Å². The van der Waals surface area contributed by atoms with Crippen LogP contribution in [-0.4, -0.2) is 40.5 Å². The number of hydrogen-bond acceptors (Lipinski definition) is 3. The largest absolute Gasteiger partial charge is 0.378 e. The molecule has 20 heavy (non-hydrogen) atoms. The summed E-state index contributed by atoms with van der Waals surface area (Å²) >= 11 is 5.84. The van der Waals surface area contributed by atoms with Gasteiger partial charge in [-0.2, -0.15) is 0 Å². The van der Waals surface area contributed by atoms with Gasteiger partial charge in [0.1, 0.15) is 5.82 Å². The fourth-order valence-electron chi connectivity index (χ4n) is 2.24. The minimum atomic E-state index is -1.72. The Morgan fingerprint density at radius 2 is 2.15 bits per heavy atom. The van der Waals surface area contributed by atoms with E-state index in [1.807, 2.05) is 0 Å². The molecule has 0 radical (unpaired) electrons. The number of primary amides is 1. The smallest absolute Gasteiger partial charge is 0.255 e. The first-order valence-electron chi connectivity index (χ1n) is 6.10. The fraction of sp³-hybridized carbons (Fsp3) is 0.385. The maximum Gasteiger partial charge on any atom is 0.255 e. The fourth-order valence-corrected chi connectivity index (χ4v) is 2.49. The number of carbonyl (C=O) groups is 2. The summed E-state index contributed by atoms with van der Waals surface area (Å²) in [5.41, 5.74) is 3.55. The van der Waals surface area contributed by atoms with Gasteiger partial charge in [0.15, 0.2) is 5.60 Å². The van der Waals surface area contributed by atoms with Crippen LogP contribution in [0.3, 0.4) is 0 Å². The van der Waals surface area contributed by atoms with Crippen molar-refractivity contribution in [1.82, 2.24) is 4.90 Å². The predicted octanol–water partition coefficient (Wildman–Crippen LogP) is 0.931. The second kappa shape index (κ2) is 5.38. The van der Waals surface area contributed by atoms with Crippen molar-refractivity contribution in [3.63, 3.8) is 0 Å². The lowest BCUT2D eigenvalue weighted by atomic mass is 9.92. The Morgan fingerprint density at radius 1 is 1.45 bits per heavy atom. The molecule has 1 aromatic carbocycles. The summed E-state index contributed by atoms with van der Waals surface area (Å²) in [7, 11) is 0. The number of carbonyl (C=O) groups excluding carboxylic acids is 2. The highest BCUT2D eigenvalue weighted by Gasteiger charge is 2.40. The summed E-state index contributed by atoms with van der Waals surface area (Å²) < 4.78 is 13.0. The van der Waals surface area contributed by atoms with Crippen LogP contribution < -0.4 is 5.73 Å². The molecule has 2 amide bonds. The van der Waals surface area contributed by atoms with Crippen LogP contribution >= 0.6 is 11.6 Å². The van der Waals surface area contributed by atoms with E-state index in [4.69, 9.17) is 17.3 Å². The summed E-state index contributed by atoms with van der Waals surface area (Å²) in [5.74, 6) is -1.87. The molecule has 1 fully saturated rings. The number of nitrogens with zero attached hydrogens (tertiary/aromatic N) is 1. The Labute approximate surface area is 120 Å². The molecule has 1 aliphatic heterocycles. The highest BCUT2D eigenvalue weighted by Crippen LogP contribution is 2.25. The second-order valence-electron chi connectivity index (χ2n) is 4.85. The molecule has 3 N–H and O–H groups in total. The SMILES string of the molecule is NC(=O)[C@@]1(O)CCCN(C(=O)c2ccc(F)cc2Cl)C1. The summed E-state index contributed by atoms with van der Waals surface area (Å²) in [6, 6.07) is 3.44. The number of halogens is 2. The maximum absolute atomic E-state index is 13.0. The molecular weight excluding hydrogens is 287 g/mol. The average Bonchev–Trinajstić information content (AvgIpc) is 2.38. The highest BCUT2D eigenvalue weighted by atomic mass is 35.5. The molecule has 0 spiro atoms. The minimum Gasteiger partial charge on any atom is -0.378 e. The van der Waals surface area contributed by atoms with Crippen LogP contribution in [0.5, 0.6) is 0 Å². The number of amides is 2. The highest BCUT2D eigenvalue weighted by molar-refractivity contribution is 6.33. The lowest BCUT2D eigenvalue weighted by molar-refractivity contribution is -0.140. The van der Waals surface area contributed by atoms with E-state index >= 15 is 0 Å². The van der Waals surface area contributed by atoms with Gasteiger partial charge in [-0.1, -0.05) is 11.6 Å². The van der Waals surface area contributed by atoms with Gasteiger partial charge < -0.3 is 15.7 Å². The molecule has 1 heterocycles. The van der Waals surface area contributed by atoms with Crippen LogP contribution in [0, 0.1) is 5.82 Å². The van der Waals surface area contributed by atoms with E-state index in [1.165, 1.54) is 11.0 Å². The third-order valence-electron chi connectivity index (χ3n) is 3.38. The van der Waals surface area contributed by atoms with Crippen LogP contribution in [0.25, 0.3) is 0 Å². The minimum absolute atomic E-state index is 0.0109. The topological polar surface area (TPSA) is 83.6 Å². The second-order valence-corrected chi connectivity index (χ2v) is 5.26. The van der Waals surface area contributed by atoms with Crippen molar-refractivity contribution in [3.05, 3.63) is 34.6 Å². The Kier molecular flexibility index (Phi) is 3.96. The molecule has 2 rings (SSSR count). The van der Waals surface area contributed by atoms with Crippen molar-refractivity contribution in [2.45, 2.75) is 18.4 Å². The van der Waals surface area contributed by atoms with E-state index in [1.54, 1.807) is 0 Å². The Bertz CT molecular complexity index is 567. The monoisotopic (exact) mass is 300 g/mol. The molecule has 0 saturated carbocycles. The van der Waals surface area contributed by atoms with Crippen LogP contribution in [0.4, 0.5) is 4.39 Å². The van der Waals surface area contributed by atoms with Crippen molar-refractivity contribution in [2.75, 3.05) is 13.1 Å². The average molecular weight is 301 g/mol. The first kappa shape index (κ1) is 14.7. The number of likely N-dealkylation sites (tertiary alicyclic amines) is 1. The van der Waals surface area contributed by atoms with Gasteiger partial charge in [0, 0.05) is 6.54 Å². The molecule has 5 nitrogen and oxygen atoms in total. The van der Waals surface area contributed by atoms with E-state index in [2.05, 4.69) is 0 Å². The van der Waals surface area contributed by atoms with Crippen molar-refractivity contribution < 1.29 is 19.1 Å². The van der Waals surface area contributed by atoms with Gasteiger partial charge in [0.05, 0.1) is 17.1 Å². The van der Waals surface area contributed by atoms with Crippen LogP contribution in [0.2, 0.25) is 5.02 Å². The molecule has 1 saturated heterocycles. The number of rotatable bonds is 2. The number of β-amino-alcohol motifs (C(OH)–C–C–N with tert-alkyl or cyclic N) is 1.